The molecule has 0 saturated heterocycles. The molecule has 0 unspecified atom stereocenters. The molecule has 6 heteroatoms. The fourth-order valence-corrected chi connectivity index (χ4v) is 1.68. The Morgan fingerprint density at radius 2 is 2.21 bits per heavy atom. The zero-order valence-corrected chi connectivity index (χ0v) is 10.3. The van der Waals surface area contributed by atoms with Gasteiger partial charge in [0.1, 0.15) is 17.8 Å². The summed E-state index contributed by atoms with van der Waals surface area (Å²) in [6, 6.07) is 7.80. The van der Waals surface area contributed by atoms with Crippen LogP contribution in [0.4, 0.5) is 15.9 Å². The first-order chi connectivity index (χ1) is 9.06. The van der Waals surface area contributed by atoms with E-state index < -0.39 is 4.92 Å². The third-order valence-corrected chi connectivity index (χ3v) is 2.64. The minimum absolute atomic E-state index is 0.0173. The van der Waals surface area contributed by atoms with Crippen molar-refractivity contribution in [3.8, 4) is 0 Å². The topological polar surface area (TPSA) is 68.1 Å². The van der Waals surface area contributed by atoms with Gasteiger partial charge in [-0.2, -0.15) is 0 Å². The highest BCUT2D eigenvalue weighted by Gasteiger charge is 2.11. The maximum atomic E-state index is 13.0. The molecule has 1 aromatic carbocycles. The SMILES string of the molecule is Cc1cc(NCc2cccc(F)c2)ncc1[N+](=O)[O-]. The van der Waals surface area contributed by atoms with Gasteiger partial charge in [-0.1, -0.05) is 12.1 Å². The molecule has 0 radical (unpaired) electrons. The highest BCUT2D eigenvalue weighted by atomic mass is 19.1. The summed E-state index contributed by atoms with van der Waals surface area (Å²) >= 11 is 0. The molecule has 5 nitrogen and oxygen atoms in total. The molecule has 0 aliphatic carbocycles. The second-order valence-corrected chi connectivity index (χ2v) is 4.10. The molecule has 0 atom stereocenters. The number of pyridine rings is 1. The van der Waals surface area contributed by atoms with Crippen LogP contribution in [0, 0.1) is 22.9 Å². The van der Waals surface area contributed by atoms with Crippen LogP contribution >= 0.6 is 0 Å². The predicted molar refractivity (Wildman–Crippen MR) is 69.4 cm³/mol. The Bertz CT molecular complexity index is 617. The Morgan fingerprint density at radius 3 is 2.84 bits per heavy atom. The Balaban J connectivity index is 2.08. The van der Waals surface area contributed by atoms with Gasteiger partial charge in [0.15, 0.2) is 0 Å². The molecule has 1 aromatic heterocycles. The smallest absolute Gasteiger partial charge is 0.290 e. The minimum atomic E-state index is -0.474. The van der Waals surface area contributed by atoms with E-state index in [1.807, 2.05) is 0 Å². The quantitative estimate of drug-likeness (QED) is 0.678. The number of nitrogens with zero attached hydrogens (tertiary/aromatic N) is 2. The molecule has 1 N–H and O–H groups in total. The van der Waals surface area contributed by atoms with E-state index in [0.29, 0.717) is 17.9 Å². The third kappa shape index (κ3) is 3.25. The van der Waals surface area contributed by atoms with Gasteiger partial charge in [-0.15, -0.1) is 0 Å². The number of nitrogens with one attached hydrogen (secondary N) is 1. The van der Waals surface area contributed by atoms with Crippen LogP contribution in [0.25, 0.3) is 0 Å². The van der Waals surface area contributed by atoms with Gasteiger partial charge in [-0.3, -0.25) is 10.1 Å². The largest absolute Gasteiger partial charge is 0.366 e. The Hall–Kier alpha value is -2.50. The zero-order chi connectivity index (χ0) is 13.8. The molecule has 19 heavy (non-hydrogen) atoms. The lowest BCUT2D eigenvalue weighted by Crippen LogP contribution is -2.03. The summed E-state index contributed by atoms with van der Waals surface area (Å²) in [6.07, 6.45) is 1.21. The maximum absolute atomic E-state index is 13.0. The number of hydrogen-bond donors (Lipinski definition) is 1. The van der Waals surface area contributed by atoms with Gasteiger partial charge in [0.05, 0.1) is 4.92 Å². The van der Waals surface area contributed by atoms with E-state index in [-0.39, 0.29) is 11.5 Å². The van der Waals surface area contributed by atoms with Crippen LogP contribution in [-0.4, -0.2) is 9.91 Å². The number of benzene rings is 1. The predicted octanol–water partition coefficient (Wildman–Crippen LogP) is 3.05. The normalized spacial score (nSPS) is 10.2. The van der Waals surface area contributed by atoms with Crippen LogP contribution in [0.15, 0.2) is 36.5 Å². The highest BCUT2D eigenvalue weighted by Crippen LogP contribution is 2.19. The number of nitro groups is 1. The molecule has 2 aromatic rings. The molecular weight excluding hydrogens is 249 g/mol. The molecular formula is C13H12FN3O2. The average Bonchev–Trinajstić information content (AvgIpc) is 2.36. The Labute approximate surface area is 109 Å². The fraction of sp³-hybridized carbons (Fsp3) is 0.154. The molecule has 0 saturated carbocycles. The molecule has 0 aliphatic rings. The standard InChI is InChI=1S/C13H12FN3O2/c1-9-5-13(16-8-12(9)17(18)19)15-7-10-3-2-4-11(14)6-10/h2-6,8H,7H2,1H3,(H,15,16). The number of aryl methyl sites for hydroxylation is 1. The van der Waals surface area contributed by atoms with Crippen molar-refractivity contribution in [1.82, 2.24) is 4.98 Å². The van der Waals surface area contributed by atoms with E-state index >= 15 is 0 Å². The van der Waals surface area contributed by atoms with Gasteiger partial charge in [-0.05, 0) is 30.7 Å². The van der Waals surface area contributed by atoms with E-state index in [0.717, 1.165) is 5.56 Å². The number of hydrogen-bond acceptors (Lipinski definition) is 4. The van der Waals surface area contributed by atoms with Crippen LogP contribution < -0.4 is 5.32 Å². The van der Waals surface area contributed by atoms with Crippen LogP contribution in [0.5, 0.6) is 0 Å². The number of aromatic nitrogens is 1. The number of anilines is 1. The first-order valence-electron chi connectivity index (χ1n) is 5.65. The summed E-state index contributed by atoms with van der Waals surface area (Å²) in [5.74, 6) is 0.222. The van der Waals surface area contributed by atoms with Crippen LogP contribution in [0.2, 0.25) is 0 Å². The van der Waals surface area contributed by atoms with Crippen molar-refractivity contribution in [3.63, 3.8) is 0 Å². The summed E-state index contributed by atoms with van der Waals surface area (Å²) in [5.41, 5.74) is 1.29. The summed E-state index contributed by atoms with van der Waals surface area (Å²) < 4.78 is 13.0. The highest BCUT2D eigenvalue weighted by molar-refractivity contribution is 5.47. The lowest BCUT2D eigenvalue weighted by Gasteiger charge is -2.06. The minimum Gasteiger partial charge on any atom is -0.366 e. The first kappa shape index (κ1) is 12.9. The lowest BCUT2D eigenvalue weighted by molar-refractivity contribution is -0.385. The van der Waals surface area contributed by atoms with Crippen molar-refractivity contribution < 1.29 is 9.31 Å². The summed E-state index contributed by atoms with van der Waals surface area (Å²) in [6.45, 7) is 2.05. The Kier molecular flexibility index (Phi) is 3.70. The van der Waals surface area contributed by atoms with Crippen molar-refractivity contribution >= 4 is 11.5 Å². The van der Waals surface area contributed by atoms with E-state index in [2.05, 4.69) is 10.3 Å². The van der Waals surface area contributed by atoms with Gasteiger partial charge in [0, 0.05) is 12.1 Å². The zero-order valence-electron chi connectivity index (χ0n) is 10.3. The van der Waals surface area contributed by atoms with E-state index in [1.165, 1.54) is 18.3 Å². The van der Waals surface area contributed by atoms with Gasteiger partial charge in [0.2, 0.25) is 0 Å². The third-order valence-electron chi connectivity index (χ3n) is 2.64. The first-order valence-corrected chi connectivity index (χ1v) is 5.65. The van der Waals surface area contributed by atoms with Crippen molar-refractivity contribution in [2.24, 2.45) is 0 Å². The lowest BCUT2D eigenvalue weighted by atomic mass is 10.2. The van der Waals surface area contributed by atoms with Crippen molar-refractivity contribution in [1.29, 1.82) is 0 Å². The van der Waals surface area contributed by atoms with Crippen LogP contribution in [-0.2, 0) is 6.54 Å². The van der Waals surface area contributed by atoms with E-state index in [9.17, 15) is 14.5 Å². The van der Waals surface area contributed by atoms with Gasteiger partial charge < -0.3 is 5.32 Å². The molecule has 0 aliphatic heterocycles. The summed E-state index contributed by atoms with van der Waals surface area (Å²) in [4.78, 5) is 14.1. The molecule has 1 heterocycles. The van der Waals surface area contributed by atoms with Crippen LogP contribution in [0.3, 0.4) is 0 Å². The van der Waals surface area contributed by atoms with Crippen LogP contribution in [0.1, 0.15) is 11.1 Å². The van der Waals surface area contributed by atoms with Crippen molar-refractivity contribution in [2.45, 2.75) is 13.5 Å². The second kappa shape index (κ2) is 5.43. The van der Waals surface area contributed by atoms with Crippen molar-refractivity contribution in [3.05, 3.63) is 63.6 Å². The summed E-state index contributed by atoms with van der Waals surface area (Å²) in [5, 5.41) is 13.6. The molecule has 0 spiro atoms. The number of halogens is 1. The molecule has 0 amide bonds. The molecule has 98 valence electrons. The Morgan fingerprint density at radius 1 is 1.42 bits per heavy atom. The van der Waals surface area contributed by atoms with E-state index in [4.69, 9.17) is 0 Å². The fourth-order valence-electron chi connectivity index (χ4n) is 1.68. The van der Waals surface area contributed by atoms with Gasteiger partial charge in [-0.25, -0.2) is 9.37 Å². The molecule has 0 bridgehead atoms. The second-order valence-electron chi connectivity index (χ2n) is 4.10. The van der Waals surface area contributed by atoms with E-state index in [1.54, 1.807) is 25.1 Å². The average molecular weight is 261 g/mol. The monoisotopic (exact) mass is 261 g/mol. The summed E-state index contributed by atoms with van der Waals surface area (Å²) in [7, 11) is 0. The maximum Gasteiger partial charge on any atom is 0.290 e. The molecule has 0 fully saturated rings. The van der Waals surface area contributed by atoms with Gasteiger partial charge in [0.25, 0.3) is 5.69 Å². The number of rotatable bonds is 4. The molecule has 2 rings (SSSR count). The van der Waals surface area contributed by atoms with Crippen molar-refractivity contribution in [2.75, 3.05) is 5.32 Å². The van der Waals surface area contributed by atoms with Gasteiger partial charge >= 0.3 is 0 Å².